The summed E-state index contributed by atoms with van der Waals surface area (Å²) in [5.41, 5.74) is 6.48. The van der Waals surface area contributed by atoms with Crippen molar-refractivity contribution < 1.29 is 14.3 Å². The summed E-state index contributed by atoms with van der Waals surface area (Å²) in [6.45, 7) is 6.58. The molecule has 1 aliphatic carbocycles. The van der Waals surface area contributed by atoms with Crippen molar-refractivity contribution in [3.05, 3.63) is 56.7 Å². The van der Waals surface area contributed by atoms with Crippen molar-refractivity contribution in [2.24, 2.45) is 0 Å². The first-order chi connectivity index (χ1) is 16.2. The van der Waals surface area contributed by atoms with Crippen LogP contribution in [0.25, 0.3) is 28.2 Å². The number of benzene rings is 2. The Hall–Kier alpha value is -2.21. The van der Waals surface area contributed by atoms with Crippen LogP contribution in [0.2, 0.25) is 0 Å². The molecule has 1 aliphatic heterocycles. The Morgan fingerprint density at radius 1 is 1.06 bits per heavy atom. The van der Waals surface area contributed by atoms with Crippen LogP contribution in [0.15, 0.2) is 40.0 Å². The van der Waals surface area contributed by atoms with Gasteiger partial charge in [0.2, 0.25) is 0 Å². The fraction of sp³-hybridized carbons (Fsp3) is 0.414. The molecule has 0 N–H and O–H groups in total. The predicted octanol–water partition coefficient (Wildman–Crippen LogP) is 6.84. The van der Waals surface area contributed by atoms with Crippen molar-refractivity contribution in [3.63, 3.8) is 0 Å². The Balaban J connectivity index is 1.76. The number of esters is 1. The van der Waals surface area contributed by atoms with Gasteiger partial charge in [0.1, 0.15) is 0 Å². The van der Waals surface area contributed by atoms with E-state index in [1.807, 2.05) is 26.8 Å². The third-order valence-corrected chi connectivity index (χ3v) is 7.79. The number of ether oxygens (including phenoxy) is 2. The van der Waals surface area contributed by atoms with Crippen molar-refractivity contribution in [1.82, 2.24) is 4.57 Å². The summed E-state index contributed by atoms with van der Waals surface area (Å²) in [6.07, 6.45) is 8.66. The summed E-state index contributed by atoms with van der Waals surface area (Å²) in [5.74, 6) is 1.16. The van der Waals surface area contributed by atoms with Crippen LogP contribution < -0.4 is 4.74 Å². The van der Waals surface area contributed by atoms with E-state index in [-0.39, 0.29) is 5.97 Å². The van der Waals surface area contributed by atoms with Gasteiger partial charge in [-0.1, -0.05) is 0 Å². The number of rotatable bonds is 3. The van der Waals surface area contributed by atoms with Crippen LogP contribution in [-0.4, -0.2) is 45.8 Å². The first kappa shape index (κ1) is 23.5. The first-order valence-electron chi connectivity index (χ1n) is 12.3. The molecule has 0 amide bonds. The molecule has 0 atom stereocenters. The molecule has 0 unspecified atom stereocenters. The number of carbonyl (C=O) groups is 1. The molecule has 0 saturated heterocycles. The fourth-order valence-electron chi connectivity index (χ4n) is 5.51. The summed E-state index contributed by atoms with van der Waals surface area (Å²) in [7, 11) is 1.73. The minimum absolute atomic E-state index is 0.263. The van der Waals surface area contributed by atoms with Gasteiger partial charge in [-0.05, 0) is 0 Å². The average molecular weight is 561 g/mol. The van der Waals surface area contributed by atoms with E-state index >= 15 is 0 Å². The maximum atomic E-state index is 12.9. The summed E-state index contributed by atoms with van der Waals surface area (Å²) < 4.78 is 15.1. The van der Waals surface area contributed by atoms with Gasteiger partial charge in [-0.25, -0.2) is 0 Å². The van der Waals surface area contributed by atoms with Crippen molar-refractivity contribution in [2.45, 2.75) is 70.9 Å². The van der Waals surface area contributed by atoms with Crippen molar-refractivity contribution >= 4 is 45.5 Å². The van der Waals surface area contributed by atoms with Gasteiger partial charge in [0.15, 0.2) is 0 Å². The number of methoxy groups -OCH3 is 1. The number of carbonyl (C=O) groups excluding carboxylic acids is 1. The molecule has 2 aromatic carbocycles. The molecule has 0 bridgehead atoms. The molecule has 5 heteroatoms. The third kappa shape index (κ3) is 4.41. The van der Waals surface area contributed by atoms with Crippen LogP contribution in [0.1, 0.15) is 80.3 Å². The standard InChI is InChI=1S/C29H32NO3.Sn/c1-29(2,3)33-28(31)21-12-14-24-25(18-21)30-16-8-11-20-17-22(32-4)13-15-23(20)27(30)26(24)19-9-6-5-7-10-19;/h11-15,17-19H,5-7,9-10,16H2,1-4H3;. The maximum absolute atomic E-state index is 12.9. The van der Waals surface area contributed by atoms with Crippen molar-refractivity contribution in [2.75, 3.05) is 7.11 Å². The molecule has 0 spiro atoms. The van der Waals surface area contributed by atoms with Crippen LogP contribution in [0, 0.1) is 0 Å². The summed E-state index contributed by atoms with van der Waals surface area (Å²) in [4.78, 5) is 12.9. The number of nitrogens with zero attached hydrogens (tertiary/aromatic N) is 1. The molecule has 1 saturated carbocycles. The normalized spacial score (nSPS) is 16.4. The molecule has 175 valence electrons. The van der Waals surface area contributed by atoms with E-state index < -0.39 is 5.60 Å². The Morgan fingerprint density at radius 2 is 1.82 bits per heavy atom. The second-order valence-electron chi connectivity index (χ2n) is 10.5. The second-order valence-corrected chi connectivity index (χ2v) is 12.4. The van der Waals surface area contributed by atoms with E-state index in [1.165, 1.54) is 86.0 Å². The SMILES string of the molecule is COc1ccc2c(c1)C=[C]([Sn])Cn1c-2c(C2CCCCC2)c2ccc(C(=O)OC(C)(C)C)cc21. The van der Waals surface area contributed by atoms with E-state index in [9.17, 15) is 4.79 Å². The Kier molecular flexibility index (Phi) is 6.30. The van der Waals surface area contributed by atoms with Crippen LogP contribution in [-0.2, 0) is 11.3 Å². The summed E-state index contributed by atoms with van der Waals surface area (Å²) >= 11 is 1.40. The molecule has 34 heavy (non-hydrogen) atoms. The van der Waals surface area contributed by atoms with Crippen molar-refractivity contribution in [3.8, 4) is 17.0 Å². The van der Waals surface area contributed by atoms with Crippen LogP contribution in [0.3, 0.4) is 0 Å². The first-order valence-corrected chi connectivity index (χ1v) is 13.7. The molecular formula is C29H32NO3Sn. The van der Waals surface area contributed by atoms with Crippen molar-refractivity contribution in [1.29, 1.82) is 0 Å². The number of aromatic nitrogens is 1. The van der Waals surface area contributed by atoms with Gasteiger partial charge in [-0.3, -0.25) is 0 Å². The number of fused-ring (bicyclic) bond motifs is 5. The quantitative estimate of drug-likeness (QED) is 0.260. The zero-order valence-electron chi connectivity index (χ0n) is 20.5. The Morgan fingerprint density at radius 3 is 2.53 bits per heavy atom. The molecule has 4 nitrogen and oxygen atoms in total. The van der Waals surface area contributed by atoms with Gasteiger partial charge in [-0.2, -0.15) is 0 Å². The summed E-state index contributed by atoms with van der Waals surface area (Å²) in [5, 5.41) is 1.28. The van der Waals surface area contributed by atoms with Gasteiger partial charge in [-0.15, -0.1) is 0 Å². The Labute approximate surface area is 215 Å². The molecule has 2 aliphatic rings. The van der Waals surface area contributed by atoms with Gasteiger partial charge in [0.25, 0.3) is 0 Å². The third-order valence-electron chi connectivity index (χ3n) is 6.92. The molecule has 5 rings (SSSR count). The molecule has 1 aromatic heterocycles. The zero-order chi connectivity index (χ0) is 24.0. The fourth-order valence-corrected chi connectivity index (χ4v) is 6.40. The molecular weight excluding hydrogens is 529 g/mol. The van der Waals surface area contributed by atoms with Crippen LogP contribution in [0.5, 0.6) is 5.75 Å². The predicted molar refractivity (Wildman–Crippen MR) is 139 cm³/mol. The second kappa shape index (κ2) is 9.10. The van der Waals surface area contributed by atoms with Gasteiger partial charge in [0.05, 0.1) is 0 Å². The number of hydrogen-bond acceptors (Lipinski definition) is 3. The van der Waals surface area contributed by atoms with Crippen LogP contribution in [0.4, 0.5) is 0 Å². The molecule has 3 radical (unpaired) electrons. The van der Waals surface area contributed by atoms with E-state index in [0.29, 0.717) is 11.5 Å². The van der Waals surface area contributed by atoms with Gasteiger partial charge >= 0.3 is 216 Å². The molecule has 3 aromatic rings. The van der Waals surface area contributed by atoms with E-state index in [2.05, 4.69) is 41.0 Å². The topological polar surface area (TPSA) is 40.5 Å². The minimum atomic E-state index is -0.518. The summed E-state index contributed by atoms with van der Waals surface area (Å²) in [6, 6.07) is 12.6. The monoisotopic (exact) mass is 562 g/mol. The number of hydrogen-bond donors (Lipinski definition) is 0. The van der Waals surface area contributed by atoms with Gasteiger partial charge < -0.3 is 0 Å². The average Bonchev–Trinajstić information content (AvgIpc) is 3.03. The van der Waals surface area contributed by atoms with Gasteiger partial charge in [0, 0.05) is 0 Å². The number of allylic oxidation sites excluding steroid dienone is 1. The molecule has 1 fully saturated rings. The van der Waals surface area contributed by atoms with E-state index in [4.69, 9.17) is 9.47 Å². The van der Waals surface area contributed by atoms with E-state index in [1.54, 1.807) is 7.11 Å². The Bertz CT molecular complexity index is 1290. The van der Waals surface area contributed by atoms with Crippen LogP contribution >= 0.6 is 0 Å². The van der Waals surface area contributed by atoms with E-state index in [0.717, 1.165) is 17.8 Å². The zero-order valence-corrected chi connectivity index (χ0v) is 23.4. The molecule has 2 heterocycles.